The van der Waals surface area contributed by atoms with Gasteiger partial charge in [-0.2, -0.15) is 0 Å². The van der Waals surface area contributed by atoms with Gasteiger partial charge in [-0.05, 0) is 36.3 Å². The molecule has 1 saturated carbocycles. The first-order valence-corrected chi connectivity index (χ1v) is 9.36. The van der Waals surface area contributed by atoms with E-state index in [1.165, 1.54) is 11.3 Å². The molecule has 2 N–H and O–H groups in total. The molecule has 6 heteroatoms. The number of amides is 1. The summed E-state index contributed by atoms with van der Waals surface area (Å²) in [4.78, 5) is 26.3. The van der Waals surface area contributed by atoms with Crippen LogP contribution in [0.1, 0.15) is 55.4 Å². The van der Waals surface area contributed by atoms with Crippen LogP contribution in [0.25, 0.3) is 0 Å². The van der Waals surface area contributed by atoms with Crippen molar-refractivity contribution in [2.45, 2.75) is 47.6 Å². The lowest BCUT2D eigenvalue weighted by Gasteiger charge is -2.13. The predicted octanol–water partition coefficient (Wildman–Crippen LogP) is 3.19. The lowest BCUT2D eigenvalue weighted by atomic mass is 10.0. The molecular formula is C18H26N2O3S. The number of rotatable bonds is 4. The summed E-state index contributed by atoms with van der Waals surface area (Å²) < 4.78 is 5.23. The van der Waals surface area contributed by atoms with Gasteiger partial charge in [-0.25, -0.2) is 4.79 Å². The Morgan fingerprint density at radius 3 is 2.54 bits per heavy atom. The summed E-state index contributed by atoms with van der Waals surface area (Å²) in [5.41, 5.74) is 1.53. The molecule has 0 aromatic carbocycles. The van der Waals surface area contributed by atoms with E-state index in [2.05, 4.69) is 38.3 Å². The average molecular weight is 350 g/mol. The summed E-state index contributed by atoms with van der Waals surface area (Å²) in [6.45, 7) is 12.2. The van der Waals surface area contributed by atoms with Gasteiger partial charge in [0.15, 0.2) is 0 Å². The minimum atomic E-state index is -0.332. The zero-order valence-corrected chi connectivity index (χ0v) is 15.9. The smallest absolute Gasteiger partial charge is 0.341 e. The first kappa shape index (κ1) is 17.4. The van der Waals surface area contributed by atoms with Crippen LogP contribution in [0.3, 0.4) is 0 Å². The Morgan fingerprint density at radius 2 is 1.96 bits per heavy atom. The zero-order valence-electron chi connectivity index (χ0n) is 15.0. The fourth-order valence-electron chi connectivity index (χ4n) is 3.88. The summed E-state index contributed by atoms with van der Waals surface area (Å²) >= 11 is 1.49. The van der Waals surface area contributed by atoms with E-state index in [0.717, 1.165) is 30.0 Å². The Kier molecular flexibility index (Phi) is 4.24. The van der Waals surface area contributed by atoms with E-state index >= 15 is 0 Å². The molecule has 2 heterocycles. The first-order chi connectivity index (χ1) is 11.2. The third-order valence-electron chi connectivity index (χ3n) is 5.93. The first-order valence-electron chi connectivity index (χ1n) is 8.55. The van der Waals surface area contributed by atoms with Crippen LogP contribution < -0.4 is 10.6 Å². The van der Waals surface area contributed by atoms with Gasteiger partial charge in [-0.3, -0.25) is 4.79 Å². The Morgan fingerprint density at radius 1 is 1.29 bits per heavy atom. The number of ether oxygens (including phenoxy) is 1. The lowest BCUT2D eigenvalue weighted by Crippen LogP contribution is -2.24. The number of hydrogen-bond donors (Lipinski definition) is 2. The maximum absolute atomic E-state index is 12.8. The monoisotopic (exact) mass is 350 g/mol. The Balaban J connectivity index is 1.89. The van der Waals surface area contributed by atoms with Crippen LogP contribution in [0.15, 0.2) is 0 Å². The number of hydrogen-bond acceptors (Lipinski definition) is 5. The van der Waals surface area contributed by atoms with Crippen LogP contribution in [0.4, 0.5) is 5.00 Å². The van der Waals surface area contributed by atoms with Crippen LogP contribution >= 0.6 is 11.3 Å². The summed E-state index contributed by atoms with van der Waals surface area (Å²) in [7, 11) is 0. The highest BCUT2D eigenvalue weighted by Crippen LogP contribution is 2.68. The second-order valence-electron chi connectivity index (χ2n) is 7.72. The van der Waals surface area contributed by atoms with Gasteiger partial charge >= 0.3 is 5.97 Å². The van der Waals surface area contributed by atoms with Gasteiger partial charge in [0.1, 0.15) is 5.00 Å². The second-order valence-corrected chi connectivity index (χ2v) is 8.83. The molecule has 0 atom stereocenters. The predicted molar refractivity (Wildman–Crippen MR) is 95.4 cm³/mol. The molecule has 1 aromatic rings. The van der Waals surface area contributed by atoms with Crippen LogP contribution in [-0.4, -0.2) is 25.0 Å². The Labute approximate surface area is 147 Å². The summed E-state index contributed by atoms with van der Waals surface area (Å²) in [6.07, 6.45) is 0.788. The van der Waals surface area contributed by atoms with Gasteiger partial charge in [-0.1, -0.05) is 27.7 Å². The molecule has 132 valence electrons. The van der Waals surface area contributed by atoms with Crippen molar-refractivity contribution in [3.63, 3.8) is 0 Å². The molecule has 1 aromatic heterocycles. The summed E-state index contributed by atoms with van der Waals surface area (Å²) in [5.74, 6) is -0.374. The Bertz CT molecular complexity index is 677. The molecule has 5 nitrogen and oxygen atoms in total. The molecule has 24 heavy (non-hydrogen) atoms. The van der Waals surface area contributed by atoms with Gasteiger partial charge < -0.3 is 15.4 Å². The maximum Gasteiger partial charge on any atom is 0.341 e. The highest BCUT2D eigenvalue weighted by atomic mass is 32.1. The van der Waals surface area contributed by atoms with E-state index in [4.69, 9.17) is 4.74 Å². The van der Waals surface area contributed by atoms with Gasteiger partial charge in [0.25, 0.3) is 0 Å². The standard InChI is InChI=1S/C18H26N2O3S/c1-6-23-16(22)12-10-7-8-19-9-11(10)24-15(12)20-14(21)13-17(2,3)18(13,4)5/h13,19H,6-9H2,1-5H3,(H,20,21). The largest absolute Gasteiger partial charge is 0.462 e. The van der Waals surface area contributed by atoms with Crippen molar-refractivity contribution >= 4 is 28.2 Å². The van der Waals surface area contributed by atoms with E-state index in [0.29, 0.717) is 17.2 Å². The quantitative estimate of drug-likeness (QED) is 0.819. The summed E-state index contributed by atoms with van der Waals surface area (Å²) in [6, 6.07) is 0. The van der Waals surface area contributed by atoms with Gasteiger partial charge in [0.05, 0.1) is 12.2 Å². The molecule has 1 amide bonds. The van der Waals surface area contributed by atoms with Crippen molar-refractivity contribution in [1.82, 2.24) is 5.32 Å². The van der Waals surface area contributed by atoms with Crippen molar-refractivity contribution in [3.05, 3.63) is 16.0 Å². The van der Waals surface area contributed by atoms with E-state index in [-0.39, 0.29) is 28.6 Å². The van der Waals surface area contributed by atoms with E-state index in [1.807, 2.05) is 0 Å². The highest BCUT2D eigenvalue weighted by Gasteiger charge is 2.68. The maximum atomic E-state index is 12.8. The molecule has 3 rings (SSSR count). The van der Waals surface area contributed by atoms with Crippen LogP contribution in [-0.2, 0) is 22.5 Å². The molecule has 0 spiro atoms. The third kappa shape index (κ3) is 2.56. The average Bonchev–Trinajstić information content (AvgIpc) is 2.78. The second kappa shape index (κ2) is 5.85. The van der Waals surface area contributed by atoms with Crippen LogP contribution in [0.5, 0.6) is 0 Å². The van der Waals surface area contributed by atoms with Gasteiger partial charge in [-0.15, -0.1) is 11.3 Å². The molecule has 1 aliphatic carbocycles. The molecule has 1 aliphatic heterocycles. The lowest BCUT2D eigenvalue weighted by molar-refractivity contribution is -0.118. The minimum Gasteiger partial charge on any atom is -0.462 e. The van der Waals surface area contributed by atoms with Crippen molar-refractivity contribution in [3.8, 4) is 0 Å². The molecule has 0 unspecified atom stereocenters. The molecule has 0 bridgehead atoms. The van der Waals surface area contributed by atoms with Gasteiger partial charge in [0.2, 0.25) is 5.91 Å². The number of esters is 1. The minimum absolute atomic E-state index is 0.00195. The van der Waals surface area contributed by atoms with Crippen molar-refractivity contribution in [2.24, 2.45) is 16.7 Å². The number of nitrogens with one attached hydrogen (secondary N) is 2. The number of fused-ring (bicyclic) bond motifs is 1. The molecule has 0 radical (unpaired) electrons. The van der Waals surface area contributed by atoms with Crippen molar-refractivity contribution in [2.75, 3.05) is 18.5 Å². The fraction of sp³-hybridized carbons (Fsp3) is 0.667. The highest BCUT2D eigenvalue weighted by molar-refractivity contribution is 7.17. The number of anilines is 1. The topological polar surface area (TPSA) is 67.4 Å². The normalized spacial score (nSPS) is 21.0. The third-order valence-corrected chi connectivity index (χ3v) is 7.07. The molecule has 1 fully saturated rings. The van der Waals surface area contributed by atoms with Crippen molar-refractivity contribution < 1.29 is 14.3 Å². The van der Waals surface area contributed by atoms with Crippen LogP contribution in [0.2, 0.25) is 0 Å². The zero-order chi connectivity index (χ0) is 17.7. The number of carbonyl (C=O) groups excluding carboxylic acids is 2. The number of thiophene rings is 1. The van der Waals surface area contributed by atoms with Crippen LogP contribution in [0, 0.1) is 16.7 Å². The van der Waals surface area contributed by atoms with E-state index < -0.39 is 0 Å². The molecule has 2 aliphatic rings. The summed E-state index contributed by atoms with van der Waals surface area (Å²) in [5, 5.41) is 6.99. The number of carbonyl (C=O) groups is 2. The van der Waals surface area contributed by atoms with E-state index in [1.54, 1.807) is 6.92 Å². The Hall–Kier alpha value is -1.40. The SMILES string of the molecule is CCOC(=O)c1c(NC(=O)C2C(C)(C)C2(C)C)sc2c1CCNC2. The molecule has 0 saturated heterocycles. The van der Waals surface area contributed by atoms with Crippen molar-refractivity contribution in [1.29, 1.82) is 0 Å². The van der Waals surface area contributed by atoms with E-state index in [9.17, 15) is 9.59 Å². The fourth-order valence-corrected chi connectivity index (χ4v) is 5.09. The molecular weight excluding hydrogens is 324 g/mol. The van der Waals surface area contributed by atoms with Gasteiger partial charge in [0, 0.05) is 17.3 Å².